The summed E-state index contributed by atoms with van der Waals surface area (Å²) in [5.41, 5.74) is 1.03. The van der Waals surface area contributed by atoms with Gasteiger partial charge in [0.15, 0.2) is 0 Å². The summed E-state index contributed by atoms with van der Waals surface area (Å²) in [5, 5.41) is 9.45. The number of hydrogen-bond donors (Lipinski definition) is 1. The first kappa shape index (κ1) is 24.7. The molecule has 1 aromatic carbocycles. The van der Waals surface area contributed by atoms with Gasteiger partial charge in [-0.15, -0.1) is 54.4 Å². The van der Waals surface area contributed by atoms with E-state index in [2.05, 4.69) is 32.9 Å². The van der Waals surface area contributed by atoms with Crippen molar-refractivity contribution in [3.8, 4) is 5.75 Å². The Morgan fingerprint density at radius 1 is 1.11 bits per heavy atom. The van der Waals surface area contributed by atoms with Crippen LogP contribution in [0.4, 0.5) is 0 Å². The molecule has 2 rings (SSSR count). The zero-order chi connectivity index (χ0) is 12.0. The van der Waals surface area contributed by atoms with E-state index < -0.39 is 0 Å². The average Bonchev–Trinajstić information content (AvgIpc) is 2.74. The Morgan fingerprint density at radius 2 is 1.68 bits per heavy atom. The van der Waals surface area contributed by atoms with Gasteiger partial charge in [-0.25, -0.2) is 12.2 Å². The molecule has 0 atom stereocenters. The second-order valence-electron chi connectivity index (χ2n) is 4.77. The molecule has 1 nitrogen and oxygen atoms in total. The van der Waals surface area contributed by atoms with Gasteiger partial charge in [-0.05, 0) is 17.0 Å². The molecule has 0 heterocycles. The van der Waals surface area contributed by atoms with Crippen molar-refractivity contribution in [3.63, 3.8) is 0 Å². The van der Waals surface area contributed by atoms with Gasteiger partial charge in [-0.2, -0.15) is 6.08 Å². The number of halogens is 2. The standard InChI is InChI=1S/C10H14O.C5H5.2HI.Ti/c1-10(2,3)8-6-4-5-7-9(8)11;1-2-4-5-3-1;;;/h4-7,11H,1-3H3;1-3H,4H2;2*1H;/q;-1;;;. The molecule has 0 saturated carbocycles. The van der Waals surface area contributed by atoms with Crippen LogP contribution in [0.3, 0.4) is 0 Å². The predicted molar refractivity (Wildman–Crippen MR) is 99.2 cm³/mol. The third-order valence-electron chi connectivity index (χ3n) is 2.30. The normalized spacial score (nSPS) is 11.3. The van der Waals surface area contributed by atoms with Gasteiger partial charge < -0.3 is 5.11 Å². The second-order valence-corrected chi connectivity index (χ2v) is 4.77. The van der Waals surface area contributed by atoms with Gasteiger partial charge in [0.25, 0.3) is 0 Å². The molecular weight excluding hydrogens is 498 g/mol. The van der Waals surface area contributed by atoms with Gasteiger partial charge in [-0.3, -0.25) is 6.08 Å². The minimum absolute atomic E-state index is 0. The first-order valence-electron chi connectivity index (χ1n) is 5.52. The van der Waals surface area contributed by atoms with Crippen molar-refractivity contribution in [3.05, 3.63) is 54.1 Å². The summed E-state index contributed by atoms with van der Waals surface area (Å²) in [4.78, 5) is 0. The van der Waals surface area contributed by atoms with E-state index in [9.17, 15) is 5.11 Å². The van der Waals surface area contributed by atoms with Crippen molar-refractivity contribution in [1.29, 1.82) is 0 Å². The van der Waals surface area contributed by atoms with Gasteiger partial charge >= 0.3 is 0 Å². The van der Waals surface area contributed by atoms with E-state index >= 15 is 0 Å². The summed E-state index contributed by atoms with van der Waals surface area (Å²) in [6.45, 7) is 6.26. The van der Waals surface area contributed by atoms with E-state index in [0.717, 1.165) is 12.0 Å². The Labute approximate surface area is 165 Å². The maximum absolute atomic E-state index is 9.45. The first-order valence-corrected chi connectivity index (χ1v) is 5.52. The number of rotatable bonds is 0. The van der Waals surface area contributed by atoms with E-state index in [4.69, 9.17) is 0 Å². The summed E-state index contributed by atoms with van der Waals surface area (Å²) in [6.07, 6.45) is 10.0. The maximum atomic E-state index is 9.45. The van der Waals surface area contributed by atoms with Crippen LogP contribution in [0, 0.1) is 6.08 Å². The number of benzene rings is 1. The molecule has 0 saturated heterocycles. The van der Waals surface area contributed by atoms with Crippen LogP contribution >= 0.6 is 48.0 Å². The minimum Gasteiger partial charge on any atom is -0.508 e. The topological polar surface area (TPSA) is 20.2 Å². The zero-order valence-electron chi connectivity index (χ0n) is 11.5. The van der Waals surface area contributed by atoms with Crippen LogP contribution < -0.4 is 0 Å². The van der Waals surface area contributed by atoms with Crippen molar-refractivity contribution in [1.82, 2.24) is 0 Å². The quantitative estimate of drug-likeness (QED) is 0.283. The molecule has 1 aromatic rings. The van der Waals surface area contributed by atoms with E-state index in [-0.39, 0.29) is 75.1 Å². The number of phenolic OH excluding ortho intramolecular Hbond substituents is 1. The Hall–Kier alpha value is 0.674. The molecular formula is C15H21I2OTi-. The Kier molecular flexibility index (Phi) is 16.1. The minimum atomic E-state index is 0. The number of para-hydroxylation sites is 1. The van der Waals surface area contributed by atoms with E-state index in [1.165, 1.54) is 0 Å². The average molecular weight is 519 g/mol. The van der Waals surface area contributed by atoms with Crippen molar-refractivity contribution in [2.75, 3.05) is 0 Å². The molecule has 1 aliphatic carbocycles. The van der Waals surface area contributed by atoms with Crippen molar-refractivity contribution in [2.45, 2.75) is 32.6 Å². The number of allylic oxidation sites excluding steroid dienone is 4. The van der Waals surface area contributed by atoms with Gasteiger partial charge in [0, 0.05) is 21.7 Å². The van der Waals surface area contributed by atoms with E-state index in [1.807, 2.05) is 30.4 Å². The Bertz CT molecular complexity index is 385. The molecule has 0 aliphatic heterocycles. The molecule has 0 amide bonds. The van der Waals surface area contributed by atoms with Crippen LogP contribution in [-0.2, 0) is 27.1 Å². The molecule has 1 N–H and O–H groups in total. The fraction of sp³-hybridized carbons (Fsp3) is 0.333. The maximum Gasteiger partial charge on any atom is 0.119 e. The van der Waals surface area contributed by atoms with E-state index in [1.54, 1.807) is 6.07 Å². The molecule has 0 radical (unpaired) electrons. The molecule has 106 valence electrons. The van der Waals surface area contributed by atoms with Gasteiger partial charge in [0.1, 0.15) is 5.75 Å². The number of hydrogen-bond acceptors (Lipinski definition) is 1. The summed E-state index contributed by atoms with van der Waals surface area (Å²) in [6, 6.07) is 7.46. The fourth-order valence-corrected chi connectivity index (χ4v) is 1.45. The number of aromatic hydroxyl groups is 1. The van der Waals surface area contributed by atoms with Crippen LogP contribution in [0.2, 0.25) is 0 Å². The molecule has 0 spiro atoms. The molecule has 0 unspecified atom stereocenters. The smallest absolute Gasteiger partial charge is 0.119 e. The van der Waals surface area contributed by atoms with Gasteiger partial charge in [-0.1, -0.05) is 39.0 Å². The molecule has 0 bridgehead atoms. The summed E-state index contributed by atoms with van der Waals surface area (Å²) in [5.74, 6) is 0.389. The molecule has 4 heteroatoms. The monoisotopic (exact) mass is 519 g/mol. The summed E-state index contributed by atoms with van der Waals surface area (Å²) in [7, 11) is 0. The van der Waals surface area contributed by atoms with Crippen LogP contribution in [0.5, 0.6) is 5.75 Å². The van der Waals surface area contributed by atoms with Crippen molar-refractivity contribution in [2.24, 2.45) is 0 Å². The SMILES string of the molecule is CC(C)(C)c1ccccc1O.I.I.[C-]1=CC=CC1.[Ti]. The summed E-state index contributed by atoms with van der Waals surface area (Å²) >= 11 is 0. The van der Waals surface area contributed by atoms with Gasteiger partial charge in [0.05, 0.1) is 0 Å². The molecule has 1 aliphatic rings. The van der Waals surface area contributed by atoms with Crippen LogP contribution in [0.25, 0.3) is 0 Å². The summed E-state index contributed by atoms with van der Waals surface area (Å²) < 4.78 is 0. The van der Waals surface area contributed by atoms with Crippen LogP contribution in [0.15, 0.2) is 42.5 Å². The van der Waals surface area contributed by atoms with Crippen molar-refractivity contribution >= 4 is 48.0 Å². The Morgan fingerprint density at radius 3 is 1.95 bits per heavy atom. The third kappa shape index (κ3) is 10.1. The first-order chi connectivity index (χ1) is 7.52. The van der Waals surface area contributed by atoms with E-state index in [0.29, 0.717) is 5.75 Å². The Balaban J connectivity index is -0.000000277. The molecule has 19 heavy (non-hydrogen) atoms. The van der Waals surface area contributed by atoms with Crippen molar-refractivity contribution < 1.29 is 26.8 Å². The van der Waals surface area contributed by atoms with Crippen LogP contribution in [0.1, 0.15) is 32.8 Å². The van der Waals surface area contributed by atoms with Crippen LogP contribution in [-0.4, -0.2) is 5.11 Å². The fourth-order valence-electron chi connectivity index (χ4n) is 1.45. The second kappa shape index (κ2) is 12.4. The third-order valence-corrected chi connectivity index (χ3v) is 2.30. The molecule has 0 fully saturated rings. The molecule has 0 aromatic heterocycles. The number of phenols is 1. The van der Waals surface area contributed by atoms with Gasteiger partial charge in [0.2, 0.25) is 0 Å². The zero-order valence-corrected chi connectivity index (χ0v) is 17.7. The largest absolute Gasteiger partial charge is 0.508 e. The predicted octanol–water partition coefficient (Wildman–Crippen LogP) is 5.23.